The lowest BCUT2D eigenvalue weighted by Gasteiger charge is -2.28. The number of amides is 1. The van der Waals surface area contributed by atoms with Crippen molar-refractivity contribution in [3.05, 3.63) is 35.5 Å². The van der Waals surface area contributed by atoms with E-state index in [2.05, 4.69) is 35.8 Å². The first kappa shape index (κ1) is 20.3. The summed E-state index contributed by atoms with van der Waals surface area (Å²) in [6, 6.07) is 7.37. The van der Waals surface area contributed by atoms with Gasteiger partial charge in [-0.3, -0.25) is 4.79 Å². The van der Waals surface area contributed by atoms with Gasteiger partial charge in [-0.25, -0.2) is 10.1 Å². The van der Waals surface area contributed by atoms with Crippen molar-refractivity contribution in [1.29, 1.82) is 0 Å². The van der Waals surface area contributed by atoms with Crippen molar-refractivity contribution >= 4 is 23.8 Å². The molecule has 1 aliphatic heterocycles. The number of hydrazone groups is 1. The highest BCUT2D eigenvalue weighted by Gasteiger charge is 2.29. The highest BCUT2D eigenvalue weighted by Crippen LogP contribution is 2.25. The van der Waals surface area contributed by atoms with Gasteiger partial charge in [0.15, 0.2) is 11.5 Å². The molecule has 1 saturated heterocycles. The van der Waals surface area contributed by atoms with Gasteiger partial charge in [-0.2, -0.15) is 9.78 Å². The predicted molar refractivity (Wildman–Crippen MR) is 109 cm³/mol. The molecule has 3 heterocycles. The van der Waals surface area contributed by atoms with Crippen LogP contribution in [-0.4, -0.2) is 70.3 Å². The molecule has 162 valence electrons. The Bertz CT molecular complexity index is 1070. The molecule has 13 nitrogen and oxygen atoms in total. The minimum Gasteiger partial charge on any atom is -0.493 e. The van der Waals surface area contributed by atoms with E-state index in [1.165, 1.54) is 10.9 Å². The number of nitrogens with two attached hydrogens (primary N) is 1. The molecule has 3 aromatic rings. The van der Waals surface area contributed by atoms with Crippen molar-refractivity contribution in [3.63, 3.8) is 0 Å². The van der Waals surface area contributed by atoms with Crippen molar-refractivity contribution < 1.29 is 18.9 Å². The molecule has 0 unspecified atom stereocenters. The molecule has 3 N–H and O–H groups in total. The summed E-state index contributed by atoms with van der Waals surface area (Å²) in [5, 5.41) is 19.4. The Kier molecular flexibility index (Phi) is 6.03. The molecule has 0 aliphatic carbocycles. The molecule has 0 bridgehead atoms. The molecule has 13 heteroatoms. The normalized spacial score (nSPS) is 14.2. The number of anilines is 2. The molecule has 31 heavy (non-hydrogen) atoms. The summed E-state index contributed by atoms with van der Waals surface area (Å²) in [5.41, 5.74) is 9.06. The zero-order valence-electron chi connectivity index (χ0n) is 16.8. The van der Waals surface area contributed by atoms with Gasteiger partial charge in [0.2, 0.25) is 11.6 Å². The fourth-order valence-electron chi connectivity index (χ4n) is 3.05. The first-order valence-electron chi connectivity index (χ1n) is 9.61. The number of nitrogens with one attached hydrogen (secondary N) is 1. The lowest BCUT2D eigenvalue weighted by molar-refractivity contribution is 0.0948. The van der Waals surface area contributed by atoms with Crippen molar-refractivity contribution in [2.45, 2.75) is 6.92 Å². The second-order valence-electron chi connectivity index (χ2n) is 6.42. The van der Waals surface area contributed by atoms with E-state index < -0.39 is 5.91 Å². The van der Waals surface area contributed by atoms with E-state index in [4.69, 9.17) is 15.2 Å². The van der Waals surface area contributed by atoms with Crippen LogP contribution >= 0.6 is 0 Å². The maximum absolute atomic E-state index is 12.9. The van der Waals surface area contributed by atoms with Crippen LogP contribution in [0.25, 0.3) is 5.82 Å². The van der Waals surface area contributed by atoms with Crippen LogP contribution in [0.3, 0.4) is 0 Å². The molecule has 1 aliphatic rings. The predicted octanol–water partition coefficient (Wildman–Crippen LogP) is 0.232. The average Bonchev–Trinajstić information content (AvgIpc) is 3.41. The standard InChI is InChI=1S/C18H21N9O4/c1-2-30-13-6-4-3-5-12(13)11-20-22-17(28)14-18(26-7-9-29-10-8-26)27(25-21-14)16-15(19)23-31-24-16/h3-6,11H,2,7-10H2,1H3,(H2,19,23)(H,22,28)/b20-11+. The van der Waals surface area contributed by atoms with Crippen LogP contribution in [0.5, 0.6) is 5.75 Å². The quantitative estimate of drug-likeness (QED) is 0.395. The van der Waals surface area contributed by atoms with Crippen LogP contribution in [0, 0.1) is 0 Å². The Morgan fingerprint density at radius 3 is 2.87 bits per heavy atom. The van der Waals surface area contributed by atoms with Gasteiger partial charge in [-0.05, 0) is 29.4 Å². The van der Waals surface area contributed by atoms with Crippen LogP contribution < -0.4 is 20.8 Å². The number of para-hydroxylation sites is 1. The van der Waals surface area contributed by atoms with Crippen molar-refractivity contribution in [1.82, 2.24) is 30.7 Å². The number of ether oxygens (including phenoxy) is 2. The summed E-state index contributed by atoms with van der Waals surface area (Å²) in [6.45, 7) is 4.45. The van der Waals surface area contributed by atoms with Crippen molar-refractivity contribution in [2.24, 2.45) is 5.10 Å². The van der Waals surface area contributed by atoms with E-state index >= 15 is 0 Å². The second kappa shape index (κ2) is 9.21. The minimum atomic E-state index is -0.548. The van der Waals surface area contributed by atoms with Gasteiger partial charge in [0, 0.05) is 18.7 Å². The highest BCUT2D eigenvalue weighted by atomic mass is 16.6. The first-order chi connectivity index (χ1) is 15.2. The van der Waals surface area contributed by atoms with Gasteiger partial charge in [0.05, 0.1) is 26.0 Å². The van der Waals surface area contributed by atoms with Gasteiger partial charge in [0.1, 0.15) is 5.75 Å². The summed E-state index contributed by atoms with van der Waals surface area (Å²) in [7, 11) is 0. The third-order valence-corrected chi connectivity index (χ3v) is 4.46. The summed E-state index contributed by atoms with van der Waals surface area (Å²) >= 11 is 0. The maximum Gasteiger partial charge on any atom is 0.295 e. The number of rotatable bonds is 7. The zero-order chi connectivity index (χ0) is 21.6. The molecular formula is C18H21N9O4. The van der Waals surface area contributed by atoms with E-state index in [1.807, 2.05) is 36.1 Å². The third-order valence-electron chi connectivity index (χ3n) is 4.46. The molecule has 0 atom stereocenters. The SMILES string of the molecule is CCOc1ccccc1/C=N/NC(=O)c1nnn(-c2nonc2N)c1N1CCOCC1. The van der Waals surface area contributed by atoms with Gasteiger partial charge >= 0.3 is 0 Å². The van der Waals surface area contributed by atoms with E-state index in [-0.39, 0.29) is 17.3 Å². The number of carbonyl (C=O) groups is 1. The lowest BCUT2D eigenvalue weighted by Crippen LogP contribution is -2.39. The fourth-order valence-corrected chi connectivity index (χ4v) is 3.05. The van der Waals surface area contributed by atoms with Gasteiger partial charge in [0.25, 0.3) is 5.91 Å². The van der Waals surface area contributed by atoms with E-state index in [0.29, 0.717) is 44.5 Å². The van der Waals surface area contributed by atoms with Gasteiger partial charge in [-0.15, -0.1) is 5.10 Å². The van der Waals surface area contributed by atoms with Crippen LogP contribution in [0.4, 0.5) is 11.6 Å². The molecule has 1 aromatic carbocycles. The molecule has 0 radical (unpaired) electrons. The Hall–Kier alpha value is -4.00. The number of aromatic nitrogens is 5. The Balaban J connectivity index is 1.59. The molecule has 4 rings (SSSR count). The lowest BCUT2D eigenvalue weighted by atomic mass is 10.2. The largest absolute Gasteiger partial charge is 0.493 e. The number of hydrogen-bond donors (Lipinski definition) is 2. The van der Waals surface area contributed by atoms with E-state index in [0.717, 1.165) is 5.56 Å². The Morgan fingerprint density at radius 1 is 1.32 bits per heavy atom. The number of hydrogen-bond acceptors (Lipinski definition) is 11. The van der Waals surface area contributed by atoms with Gasteiger partial charge in [-0.1, -0.05) is 17.3 Å². The monoisotopic (exact) mass is 427 g/mol. The van der Waals surface area contributed by atoms with E-state index in [1.54, 1.807) is 0 Å². The summed E-state index contributed by atoms with van der Waals surface area (Å²) in [5.74, 6) is 0.678. The van der Waals surface area contributed by atoms with Crippen LogP contribution in [0.1, 0.15) is 23.0 Å². The van der Waals surface area contributed by atoms with Gasteiger partial charge < -0.3 is 20.1 Å². The van der Waals surface area contributed by atoms with Crippen molar-refractivity contribution in [2.75, 3.05) is 43.5 Å². The maximum atomic E-state index is 12.9. The second-order valence-corrected chi connectivity index (χ2v) is 6.42. The summed E-state index contributed by atoms with van der Waals surface area (Å²) < 4.78 is 16.9. The average molecular weight is 427 g/mol. The number of nitrogen functional groups attached to an aromatic ring is 1. The highest BCUT2D eigenvalue weighted by molar-refractivity contribution is 5.98. The first-order valence-corrected chi connectivity index (χ1v) is 9.61. The summed E-state index contributed by atoms with van der Waals surface area (Å²) in [4.78, 5) is 14.8. The molecule has 1 fully saturated rings. The zero-order valence-corrected chi connectivity index (χ0v) is 16.8. The van der Waals surface area contributed by atoms with Crippen LogP contribution in [0.2, 0.25) is 0 Å². The number of benzene rings is 1. The fraction of sp³-hybridized carbons (Fsp3) is 0.333. The number of morpholine rings is 1. The number of carbonyl (C=O) groups excluding carboxylic acids is 1. The number of nitrogens with zero attached hydrogens (tertiary/aromatic N) is 7. The molecule has 2 aromatic heterocycles. The third kappa shape index (κ3) is 4.30. The molecular weight excluding hydrogens is 406 g/mol. The van der Waals surface area contributed by atoms with Crippen LogP contribution in [0.15, 0.2) is 34.0 Å². The minimum absolute atomic E-state index is 0.0249. The topological polar surface area (TPSA) is 159 Å². The summed E-state index contributed by atoms with van der Waals surface area (Å²) in [6.07, 6.45) is 1.50. The molecule has 0 saturated carbocycles. The molecule has 0 spiro atoms. The smallest absolute Gasteiger partial charge is 0.295 e. The van der Waals surface area contributed by atoms with E-state index in [9.17, 15) is 4.79 Å². The Morgan fingerprint density at radius 2 is 2.13 bits per heavy atom. The van der Waals surface area contributed by atoms with Crippen LogP contribution in [-0.2, 0) is 4.74 Å². The molecule has 1 amide bonds. The Labute approximate surface area is 176 Å². The van der Waals surface area contributed by atoms with Crippen molar-refractivity contribution in [3.8, 4) is 11.6 Å².